The average molecular weight is 395 g/mol. The van der Waals surface area contributed by atoms with Crippen LogP contribution in [0.2, 0.25) is 0 Å². The molecule has 0 atom stereocenters. The summed E-state index contributed by atoms with van der Waals surface area (Å²) in [7, 11) is 4.72. The van der Waals surface area contributed by atoms with Gasteiger partial charge in [-0.3, -0.25) is 4.79 Å². The summed E-state index contributed by atoms with van der Waals surface area (Å²) in [6.07, 6.45) is 1.53. The molecule has 6 nitrogen and oxygen atoms in total. The third-order valence-corrected chi connectivity index (χ3v) is 4.93. The third-order valence-electron chi connectivity index (χ3n) is 4.93. The van der Waals surface area contributed by atoms with Crippen molar-refractivity contribution in [2.45, 2.75) is 20.8 Å². The molecule has 29 heavy (non-hydrogen) atoms. The number of nitrogens with one attached hydrogen (secondary N) is 1. The minimum atomic E-state index is -0.281. The van der Waals surface area contributed by atoms with Gasteiger partial charge in [0.15, 0.2) is 0 Å². The fourth-order valence-corrected chi connectivity index (χ4v) is 3.20. The normalized spacial score (nSPS) is 11.4. The lowest BCUT2D eigenvalue weighted by atomic mass is 10.0. The van der Waals surface area contributed by atoms with E-state index < -0.39 is 0 Å². The van der Waals surface area contributed by atoms with Crippen molar-refractivity contribution in [1.29, 1.82) is 0 Å². The second-order valence-corrected chi connectivity index (χ2v) is 6.71. The SMILES string of the molecule is COc1ccc(OC)c(NC(=O)/C=C(\C)c2cc3c(C)c(C)oc3cc2OC)c1. The lowest BCUT2D eigenvalue weighted by Gasteiger charge is -2.12. The molecule has 0 unspecified atom stereocenters. The van der Waals surface area contributed by atoms with Gasteiger partial charge in [-0.05, 0) is 50.1 Å². The second kappa shape index (κ2) is 8.31. The summed E-state index contributed by atoms with van der Waals surface area (Å²) in [5, 5.41) is 3.85. The molecule has 0 bridgehead atoms. The smallest absolute Gasteiger partial charge is 0.248 e. The van der Waals surface area contributed by atoms with Gasteiger partial charge in [0.25, 0.3) is 0 Å². The molecule has 2 aromatic carbocycles. The van der Waals surface area contributed by atoms with Crippen LogP contribution in [-0.4, -0.2) is 27.2 Å². The van der Waals surface area contributed by atoms with Crippen LogP contribution in [0.3, 0.4) is 0 Å². The Bertz CT molecular complexity index is 1090. The second-order valence-electron chi connectivity index (χ2n) is 6.71. The van der Waals surface area contributed by atoms with Crippen molar-refractivity contribution in [2.24, 2.45) is 0 Å². The molecule has 0 spiro atoms. The van der Waals surface area contributed by atoms with E-state index in [4.69, 9.17) is 18.6 Å². The van der Waals surface area contributed by atoms with Crippen molar-refractivity contribution in [2.75, 3.05) is 26.6 Å². The van der Waals surface area contributed by atoms with Crippen LogP contribution in [0.15, 0.2) is 40.8 Å². The first-order valence-corrected chi connectivity index (χ1v) is 9.17. The predicted molar refractivity (Wildman–Crippen MR) is 114 cm³/mol. The number of rotatable bonds is 6. The molecular weight excluding hydrogens is 370 g/mol. The molecule has 3 aromatic rings. The van der Waals surface area contributed by atoms with Crippen LogP contribution in [0, 0.1) is 13.8 Å². The first-order chi connectivity index (χ1) is 13.9. The Morgan fingerprint density at radius 1 is 1.00 bits per heavy atom. The van der Waals surface area contributed by atoms with Gasteiger partial charge in [-0.2, -0.15) is 0 Å². The number of carbonyl (C=O) groups is 1. The molecule has 0 radical (unpaired) electrons. The maximum Gasteiger partial charge on any atom is 0.248 e. The summed E-state index contributed by atoms with van der Waals surface area (Å²) < 4.78 is 21.8. The number of allylic oxidation sites excluding steroid dienone is 1. The Morgan fingerprint density at radius 3 is 2.38 bits per heavy atom. The Balaban J connectivity index is 1.95. The maximum atomic E-state index is 12.7. The van der Waals surface area contributed by atoms with Gasteiger partial charge in [0.05, 0.1) is 27.0 Å². The van der Waals surface area contributed by atoms with Crippen molar-refractivity contribution < 1.29 is 23.4 Å². The molecule has 1 aromatic heterocycles. The van der Waals surface area contributed by atoms with Crippen LogP contribution in [0.1, 0.15) is 23.8 Å². The molecule has 0 aliphatic carbocycles. The van der Waals surface area contributed by atoms with Crippen LogP contribution in [0.4, 0.5) is 5.69 Å². The van der Waals surface area contributed by atoms with Crippen LogP contribution >= 0.6 is 0 Å². The summed E-state index contributed by atoms with van der Waals surface area (Å²) in [4.78, 5) is 12.7. The molecule has 0 fully saturated rings. The molecule has 0 aliphatic rings. The summed E-state index contributed by atoms with van der Waals surface area (Å²) >= 11 is 0. The summed E-state index contributed by atoms with van der Waals surface area (Å²) in [6.45, 7) is 5.81. The highest BCUT2D eigenvalue weighted by molar-refractivity contribution is 6.05. The minimum Gasteiger partial charge on any atom is -0.497 e. The molecule has 1 heterocycles. The molecule has 3 rings (SSSR count). The number of hydrogen-bond donors (Lipinski definition) is 1. The van der Waals surface area contributed by atoms with E-state index in [1.54, 1.807) is 39.5 Å². The summed E-state index contributed by atoms with van der Waals surface area (Å²) in [5.74, 6) is 2.40. The minimum absolute atomic E-state index is 0.281. The van der Waals surface area contributed by atoms with E-state index in [1.165, 1.54) is 6.08 Å². The topological polar surface area (TPSA) is 69.9 Å². The van der Waals surface area contributed by atoms with Gasteiger partial charge in [-0.25, -0.2) is 0 Å². The molecule has 1 amide bonds. The van der Waals surface area contributed by atoms with Gasteiger partial charge in [0, 0.05) is 29.2 Å². The van der Waals surface area contributed by atoms with Crippen LogP contribution in [0.25, 0.3) is 16.5 Å². The van der Waals surface area contributed by atoms with Crippen molar-refractivity contribution in [3.05, 3.63) is 53.3 Å². The number of fused-ring (bicyclic) bond motifs is 1. The Labute approximate surface area is 170 Å². The number of amides is 1. The van der Waals surface area contributed by atoms with Gasteiger partial charge >= 0.3 is 0 Å². The Morgan fingerprint density at radius 2 is 1.72 bits per heavy atom. The standard InChI is InChI=1S/C23H25NO5/c1-13(9-23(25)24-19-10-16(26-4)7-8-20(19)27-5)17-11-18-14(2)15(3)29-22(18)12-21(17)28-6/h7-12H,1-6H3,(H,24,25)/b13-9+. The molecule has 0 aliphatic heterocycles. The zero-order chi connectivity index (χ0) is 21.1. The van der Waals surface area contributed by atoms with Gasteiger partial charge in [0.1, 0.15) is 28.6 Å². The lowest BCUT2D eigenvalue weighted by molar-refractivity contribution is -0.111. The van der Waals surface area contributed by atoms with Crippen molar-refractivity contribution >= 4 is 28.1 Å². The summed E-state index contributed by atoms with van der Waals surface area (Å²) in [5.41, 5.74) is 3.96. The van der Waals surface area contributed by atoms with Crippen LogP contribution < -0.4 is 19.5 Å². The first kappa shape index (κ1) is 20.3. The van der Waals surface area contributed by atoms with Gasteiger partial charge < -0.3 is 23.9 Å². The lowest BCUT2D eigenvalue weighted by Crippen LogP contribution is -2.10. The number of ether oxygens (including phenoxy) is 3. The highest BCUT2D eigenvalue weighted by Gasteiger charge is 2.15. The largest absolute Gasteiger partial charge is 0.497 e. The molecule has 0 saturated heterocycles. The Kier molecular flexibility index (Phi) is 5.82. The van der Waals surface area contributed by atoms with Gasteiger partial charge in [-0.15, -0.1) is 0 Å². The molecule has 152 valence electrons. The molecule has 0 saturated carbocycles. The zero-order valence-corrected chi connectivity index (χ0v) is 17.5. The maximum absolute atomic E-state index is 12.7. The number of methoxy groups -OCH3 is 3. The monoisotopic (exact) mass is 395 g/mol. The van der Waals surface area contributed by atoms with E-state index in [2.05, 4.69) is 5.32 Å². The Hall–Kier alpha value is -3.41. The fraction of sp³-hybridized carbons (Fsp3) is 0.261. The predicted octanol–water partition coefficient (Wildman–Crippen LogP) is 5.12. The van der Waals surface area contributed by atoms with Crippen molar-refractivity contribution in [3.8, 4) is 17.2 Å². The van der Waals surface area contributed by atoms with E-state index in [9.17, 15) is 4.79 Å². The first-order valence-electron chi connectivity index (χ1n) is 9.17. The number of benzene rings is 2. The van der Waals surface area contributed by atoms with Crippen LogP contribution in [0.5, 0.6) is 17.2 Å². The van der Waals surface area contributed by atoms with Crippen molar-refractivity contribution in [3.63, 3.8) is 0 Å². The third kappa shape index (κ3) is 4.06. The molecule has 1 N–H and O–H groups in total. The average Bonchev–Trinajstić information content (AvgIpc) is 2.99. The fourth-order valence-electron chi connectivity index (χ4n) is 3.20. The number of furan rings is 1. The molecule has 6 heteroatoms. The number of hydrogen-bond acceptors (Lipinski definition) is 5. The van der Waals surface area contributed by atoms with Crippen LogP contribution in [-0.2, 0) is 4.79 Å². The van der Waals surface area contributed by atoms with E-state index in [0.717, 1.165) is 33.4 Å². The number of anilines is 1. The van der Waals surface area contributed by atoms with Gasteiger partial charge in [0.2, 0.25) is 5.91 Å². The van der Waals surface area contributed by atoms with E-state index in [1.807, 2.05) is 32.9 Å². The highest BCUT2D eigenvalue weighted by Crippen LogP contribution is 2.35. The molecular formula is C23H25NO5. The summed E-state index contributed by atoms with van der Waals surface area (Å²) in [6, 6.07) is 9.07. The van der Waals surface area contributed by atoms with Gasteiger partial charge in [-0.1, -0.05) is 0 Å². The zero-order valence-electron chi connectivity index (χ0n) is 17.5. The number of carbonyl (C=O) groups excluding carboxylic acids is 1. The van der Waals surface area contributed by atoms with E-state index in [0.29, 0.717) is 22.9 Å². The highest BCUT2D eigenvalue weighted by atomic mass is 16.5. The quantitative estimate of drug-likeness (QED) is 0.587. The van der Waals surface area contributed by atoms with E-state index in [-0.39, 0.29) is 5.91 Å². The number of aryl methyl sites for hydroxylation is 2. The van der Waals surface area contributed by atoms with Crippen molar-refractivity contribution in [1.82, 2.24) is 0 Å². The van der Waals surface area contributed by atoms with E-state index >= 15 is 0 Å².